The SMILES string of the molecule is C=CCNc1nn(-c2ccc3cn[nH]c3c2)c2cc(-c3ccnn3Cc3ccc(C#N)cc3)cnc12. The Balaban J connectivity index is 1.44. The molecule has 0 saturated carbocycles. The number of aromatic nitrogens is 7. The number of nitriles is 1. The molecule has 6 aromatic rings. The van der Waals surface area contributed by atoms with Crippen LogP contribution in [0.4, 0.5) is 5.82 Å². The minimum atomic E-state index is 0.576. The summed E-state index contributed by atoms with van der Waals surface area (Å²) in [6.07, 6.45) is 7.21. The summed E-state index contributed by atoms with van der Waals surface area (Å²) in [6, 6.07) is 19.8. The molecule has 0 aliphatic carbocycles. The molecule has 0 aliphatic rings. The second-order valence-electron chi connectivity index (χ2n) is 8.35. The van der Waals surface area contributed by atoms with Gasteiger partial charge in [0.05, 0.1) is 46.8 Å². The van der Waals surface area contributed by atoms with Gasteiger partial charge >= 0.3 is 0 Å². The molecule has 0 amide bonds. The van der Waals surface area contributed by atoms with Gasteiger partial charge in [0.2, 0.25) is 0 Å². The Labute approximate surface area is 206 Å². The number of benzene rings is 2. The molecule has 0 radical (unpaired) electrons. The summed E-state index contributed by atoms with van der Waals surface area (Å²) in [4.78, 5) is 4.78. The van der Waals surface area contributed by atoms with E-state index in [1.54, 1.807) is 18.5 Å². The quantitative estimate of drug-likeness (QED) is 0.327. The van der Waals surface area contributed by atoms with Gasteiger partial charge in [0.25, 0.3) is 0 Å². The Bertz CT molecular complexity index is 1750. The van der Waals surface area contributed by atoms with E-state index in [1.807, 2.05) is 64.1 Å². The molecule has 0 fully saturated rings. The number of anilines is 1. The van der Waals surface area contributed by atoms with Gasteiger partial charge in [0, 0.05) is 29.9 Å². The first-order chi connectivity index (χ1) is 17.7. The molecule has 6 rings (SSSR count). The Kier molecular flexibility index (Phi) is 5.24. The Morgan fingerprint density at radius 1 is 1.08 bits per heavy atom. The predicted molar refractivity (Wildman–Crippen MR) is 139 cm³/mol. The molecule has 9 heteroatoms. The summed E-state index contributed by atoms with van der Waals surface area (Å²) in [6.45, 7) is 4.95. The fourth-order valence-corrected chi connectivity index (χ4v) is 4.24. The molecule has 4 aromatic heterocycles. The van der Waals surface area contributed by atoms with Crippen LogP contribution in [-0.4, -0.2) is 41.3 Å². The average molecular weight is 472 g/mol. The number of rotatable bonds is 7. The van der Waals surface area contributed by atoms with Gasteiger partial charge in [0.15, 0.2) is 5.82 Å². The number of H-pyrrole nitrogens is 1. The lowest BCUT2D eigenvalue weighted by atomic mass is 10.1. The van der Waals surface area contributed by atoms with Crippen molar-refractivity contribution in [3.63, 3.8) is 0 Å². The zero-order valence-electron chi connectivity index (χ0n) is 19.3. The third-order valence-corrected chi connectivity index (χ3v) is 6.03. The van der Waals surface area contributed by atoms with E-state index in [0.29, 0.717) is 24.5 Å². The summed E-state index contributed by atoms with van der Waals surface area (Å²) < 4.78 is 3.82. The van der Waals surface area contributed by atoms with Crippen LogP contribution >= 0.6 is 0 Å². The minimum Gasteiger partial charge on any atom is -0.363 e. The molecule has 0 aliphatic heterocycles. The van der Waals surface area contributed by atoms with Crippen molar-refractivity contribution >= 4 is 27.8 Å². The van der Waals surface area contributed by atoms with Crippen LogP contribution in [0.25, 0.3) is 38.9 Å². The summed E-state index contributed by atoms with van der Waals surface area (Å²) in [5, 5.41) is 29.9. The summed E-state index contributed by atoms with van der Waals surface area (Å²) in [7, 11) is 0. The first-order valence-electron chi connectivity index (χ1n) is 11.4. The van der Waals surface area contributed by atoms with Crippen LogP contribution < -0.4 is 5.32 Å². The van der Waals surface area contributed by atoms with Crippen LogP contribution in [0.2, 0.25) is 0 Å². The van der Waals surface area contributed by atoms with Crippen LogP contribution in [0, 0.1) is 11.3 Å². The lowest BCUT2D eigenvalue weighted by Gasteiger charge is -2.09. The van der Waals surface area contributed by atoms with Crippen molar-refractivity contribution in [1.29, 1.82) is 5.26 Å². The van der Waals surface area contributed by atoms with E-state index in [0.717, 1.165) is 44.4 Å². The molecule has 0 unspecified atom stereocenters. The molecule has 9 nitrogen and oxygen atoms in total. The molecule has 0 atom stereocenters. The molecule has 0 bridgehead atoms. The third-order valence-electron chi connectivity index (χ3n) is 6.03. The summed E-state index contributed by atoms with van der Waals surface area (Å²) >= 11 is 0. The second-order valence-corrected chi connectivity index (χ2v) is 8.35. The van der Waals surface area contributed by atoms with E-state index < -0.39 is 0 Å². The topological polar surface area (TPSA) is 113 Å². The number of aromatic amines is 1. The van der Waals surface area contributed by atoms with Crippen LogP contribution in [0.1, 0.15) is 11.1 Å². The van der Waals surface area contributed by atoms with Crippen molar-refractivity contribution in [2.45, 2.75) is 6.54 Å². The van der Waals surface area contributed by atoms with E-state index in [4.69, 9.17) is 15.3 Å². The van der Waals surface area contributed by atoms with E-state index >= 15 is 0 Å². The third kappa shape index (κ3) is 3.76. The molecule has 2 N–H and O–H groups in total. The van der Waals surface area contributed by atoms with Crippen LogP contribution in [0.15, 0.2) is 85.8 Å². The Hall–Kier alpha value is -5.23. The maximum Gasteiger partial charge on any atom is 0.175 e. The standard InChI is InChI=1S/C27H21N9/c1-2-10-29-27-26-25(36(34-27)22-8-7-20-16-31-33-23(20)13-22)12-21(15-30-26)24-9-11-32-35(24)17-19-5-3-18(14-28)4-6-19/h2-9,11-13,15-16H,1,10,17H2,(H,29,34)(H,31,33). The Morgan fingerprint density at radius 2 is 1.97 bits per heavy atom. The molecular weight excluding hydrogens is 450 g/mol. The molecule has 36 heavy (non-hydrogen) atoms. The van der Waals surface area contributed by atoms with Crippen molar-refractivity contribution in [2.75, 3.05) is 11.9 Å². The highest BCUT2D eigenvalue weighted by molar-refractivity contribution is 5.91. The van der Waals surface area contributed by atoms with Crippen molar-refractivity contribution in [1.82, 2.24) is 34.7 Å². The van der Waals surface area contributed by atoms with Gasteiger partial charge in [-0.3, -0.25) is 9.78 Å². The molecule has 0 saturated heterocycles. The molecular formula is C27H21N9. The number of nitrogens with zero attached hydrogens (tertiary/aromatic N) is 7. The molecule has 2 aromatic carbocycles. The molecule has 174 valence electrons. The van der Waals surface area contributed by atoms with E-state index in [-0.39, 0.29) is 0 Å². The summed E-state index contributed by atoms with van der Waals surface area (Å²) in [5.74, 6) is 0.687. The van der Waals surface area contributed by atoms with Gasteiger partial charge in [-0.1, -0.05) is 18.2 Å². The number of hydrogen-bond acceptors (Lipinski definition) is 6. The van der Waals surface area contributed by atoms with Crippen molar-refractivity contribution in [2.24, 2.45) is 0 Å². The van der Waals surface area contributed by atoms with E-state index in [9.17, 15) is 0 Å². The average Bonchev–Trinajstić information content (AvgIpc) is 3.66. The van der Waals surface area contributed by atoms with Gasteiger partial charge < -0.3 is 5.32 Å². The lowest BCUT2D eigenvalue weighted by molar-refractivity contribution is 0.694. The highest BCUT2D eigenvalue weighted by Crippen LogP contribution is 2.29. The van der Waals surface area contributed by atoms with Gasteiger partial charge in [0.1, 0.15) is 5.52 Å². The molecule has 0 spiro atoms. The highest BCUT2D eigenvalue weighted by atomic mass is 15.3. The second kappa shape index (κ2) is 8.85. The number of hydrogen-bond donors (Lipinski definition) is 2. The number of nitrogens with one attached hydrogen (secondary N) is 2. The monoisotopic (exact) mass is 471 g/mol. The molecule has 4 heterocycles. The minimum absolute atomic E-state index is 0.576. The maximum atomic E-state index is 9.06. The van der Waals surface area contributed by atoms with E-state index in [2.05, 4.69) is 39.3 Å². The zero-order valence-corrected chi connectivity index (χ0v) is 19.3. The van der Waals surface area contributed by atoms with Gasteiger partial charge in [-0.2, -0.15) is 15.5 Å². The smallest absolute Gasteiger partial charge is 0.175 e. The normalized spacial score (nSPS) is 11.1. The maximum absolute atomic E-state index is 9.06. The van der Waals surface area contributed by atoms with Crippen molar-refractivity contribution < 1.29 is 0 Å². The van der Waals surface area contributed by atoms with Gasteiger partial charge in [-0.05, 0) is 48.0 Å². The zero-order chi connectivity index (χ0) is 24.5. The van der Waals surface area contributed by atoms with Crippen LogP contribution in [0.3, 0.4) is 0 Å². The first-order valence-corrected chi connectivity index (χ1v) is 11.4. The van der Waals surface area contributed by atoms with Gasteiger partial charge in [-0.15, -0.1) is 11.7 Å². The van der Waals surface area contributed by atoms with Crippen molar-refractivity contribution in [3.8, 4) is 23.0 Å². The largest absolute Gasteiger partial charge is 0.363 e. The van der Waals surface area contributed by atoms with E-state index in [1.165, 1.54) is 0 Å². The van der Waals surface area contributed by atoms with Crippen LogP contribution in [-0.2, 0) is 6.54 Å². The first kappa shape index (κ1) is 21.3. The Morgan fingerprint density at radius 3 is 2.81 bits per heavy atom. The van der Waals surface area contributed by atoms with Crippen LogP contribution in [0.5, 0.6) is 0 Å². The number of pyridine rings is 1. The highest BCUT2D eigenvalue weighted by Gasteiger charge is 2.16. The van der Waals surface area contributed by atoms with Gasteiger partial charge in [-0.25, -0.2) is 9.67 Å². The van der Waals surface area contributed by atoms with Crippen molar-refractivity contribution in [3.05, 3.63) is 97.0 Å². The predicted octanol–water partition coefficient (Wildman–Crippen LogP) is 4.68. The fraction of sp³-hybridized carbons (Fsp3) is 0.0741. The summed E-state index contributed by atoms with van der Waals surface area (Å²) in [5.41, 5.74) is 7.01. The number of fused-ring (bicyclic) bond motifs is 2. The lowest BCUT2D eigenvalue weighted by Crippen LogP contribution is -2.04. The fourth-order valence-electron chi connectivity index (χ4n) is 4.24.